The Morgan fingerprint density at radius 1 is 1.14 bits per heavy atom. The predicted octanol–water partition coefficient (Wildman–Crippen LogP) is 4.86. The molecule has 18 heteroatoms. The summed E-state index contributed by atoms with van der Waals surface area (Å²) in [6.07, 6.45) is -9.34. The summed E-state index contributed by atoms with van der Waals surface area (Å²) >= 11 is 0. The molecule has 2 fully saturated rings. The van der Waals surface area contributed by atoms with Gasteiger partial charge in [-0.15, -0.1) is 0 Å². The standard InChI is InChI=1S/C24H23F8N7O3/c25-22(26)3-1-13(2-4-22)14(6-17(40)20-15(36-42-37-20)7-23(27,28)29)16-10-39-19(34-16)5-12(8-33-39)9-38-11-18(24(30,31)32)35-21(38)41/h5,8,10,13-14,18H,1-4,6-7,9,11H2,(H,35,41)/t14-,18-/m0/s1. The molecule has 1 N–H and O–H groups in total. The van der Waals surface area contributed by atoms with E-state index in [0.29, 0.717) is 5.56 Å². The van der Waals surface area contributed by atoms with Crippen molar-refractivity contribution in [1.82, 2.24) is 35.1 Å². The summed E-state index contributed by atoms with van der Waals surface area (Å²) in [5.41, 5.74) is -0.486. The number of carbonyl (C=O) groups is 2. The lowest BCUT2D eigenvalue weighted by atomic mass is 9.75. The number of ketones is 1. The number of rotatable bonds is 8. The van der Waals surface area contributed by atoms with E-state index in [4.69, 9.17) is 0 Å². The Morgan fingerprint density at radius 2 is 1.86 bits per heavy atom. The number of amides is 2. The Balaban J connectivity index is 1.39. The number of Topliss-reactive ketones (excluding diaryl/α,β-unsaturated/α-hetero) is 1. The van der Waals surface area contributed by atoms with Crippen molar-refractivity contribution >= 4 is 17.5 Å². The maximum Gasteiger partial charge on any atom is 0.410 e. The number of fused-ring (bicyclic) bond motifs is 1. The number of imidazole rings is 1. The molecule has 2 atom stereocenters. The normalized spacial score (nSPS) is 20.7. The van der Waals surface area contributed by atoms with Crippen LogP contribution in [0.25, 0.3) is 5.65 Å². The van der Waals surface area contributed by atoms with Crippen LogP contribution in [0.4, 0.5) is 39.9 Å². The molecule has 1 saturated carbocycles. The van der Waals surface area contributed by atoms with Crippen molar-refractivity contribution in [3.05, 3.63) is 41.1 Å². The summed E-state index contributed by atoms with van der Waals surface area (Å²) < 4.78 is 111. The highest BCUT2D eigenvalue weighted by molar-refractivity contribution is 5.95. The second-order valence-corrected chi connectivity index (χ2v) is 10.5. The molecule has 0 spiro atoms. The number of nitrogens with one attached hydrogen (secondary N) is 1. The van der Waals surface area contributed by atoms with Gasteiger partial charge in [0.1, 0.15) is 11.7 Å². The monoisotopic (exact) mass is 609 g/mol. The van der Waals surface area contributed by atoms with Gasteiger partial charge in [-0.2, -0.15) is 31.4 Å². The predicted molar refractivity (Wildman–Crippen MR) is 124 cm³/mol. The van der Waals surface area contributed by atoms with Crippen LogP contribution in [-0.4, -0.2) is 72.5 Å². The van der Waals surface area contributed by atoms with E-state index in [0.717, 1.165) is 4.90 Å². The molecule has 1 aliphatic heterocycles. The number of hydrogen-bond donors (Lipinski definition) is 1. The fourth-order valence-corrected chi connectivity index (χ4v) is 5.33. The van der Waals surface area contributed by atoms with Crippen molar-refractivity contribution in [1.29, 1.82) is 0 Å². The summed E-state index contributed by atoms with van der Waals surface area (Å²) in [4.78, 5) is 30.6. The molecule has 4 heterocycles. The number of urea groups is 1. The Hall–Kier alpha value is -3.86. The van der Waals surface area contributed by atoms with Crippen molar-refractivity contribution in [2.45, 2.75) is 75.3 Å². The number of nitrogens with zero attached hydrogens (tertiary/aromatic N) is 6. The van der Waals surface area contributed by atoms with Gasteiger partial charge < -0.3 is 10.2 Å². The van der Waals surface area contributed by atoms with Gasteiger partial charge in [0.2, 0.25) is 5.92 Å². The van der Waals surface area contributed by atoms with Gasteiger partial charge in [0, 0.05) is 31.7 Å². The van der Waals surface area contributed by atoms with Crippen LogP contribution in [0, 0.1) is 5.92 Å². The van der Waals surface area contributed by atoms with Crippen LogP contribution in [0.2, 0.25) is 0 Å². The Labute approximate surface area is 231 Å². The Bertz CT molecular complexity index is 1460. The first kappa shape index (κ1) is 29.6. The molecule has 10 nitrogen and oxygen atoms in total. The summed E-state index contributed by atoms with van der Waals surface area (Å²) in [6.45, 7) is -0.804. The number of aromatic nitrogens is 5. The summed E-state index contributed by atoms with van der Waals surface area (Å²) in [6, 6.07) is -1.44. The van der Waals surface area contributed by atoms with E-state index in [2.05, 4.69) is 25.0 Å². The van der Waals surface area contributed by atoms with Gasteiger partial charge >= 0.3 is 18.4 Å². The molecule has 228 valence electrons. The van der Waals surface area contributed by atoms with Crippen LogP contribution < -0.4 is 5.32 Å². The minimum absolute atomic E-state index is 0.0222. The highest BCUT2D eigenvalue weighted by atomic mass is 19.4. The average molecular weight is 609 g/mol. The molecule has 0 aromatic carbocycles. The molecule has 1 aliphatic carbocycles. The lowest BCUT2D eigenvalue weighted by Gasteiger charge is -2.32. The fraction of sp³-hybridized carbons (Fsp3) is 0.583. The lowest BCUT2D eigenvalue weighted by Crippen LogP contribution is -2.40. The first-order chi connectivity index (χ1) is 19.6. The summed E-state index contributed by atoms with van der Waals surface area (Å²) in [5.74, 6) is -4.99. The zero-order valence-corrected chi connectivity index (χ0v) is 21.6. The molecule has 0 radical (unpaired) electrons. The van der Waals surface area contributed by atoms with Crippen LogP contribution >= 0.6 is 0 Å². The van der Waals surface area contributed by atoms with Crippen LogP contribution in [0.15, 0.2) is 23.1 Å². The Morgan fingerprint density at radius 3 is 2.50 bits per heavy atom. The molecule has 3 aromatic rings. The van der Waals surface area contributed by atoms with Crippen LogP contribution in [0.5, 0.6) is 0 Å². The second kappa shape index (κ2) is 10.8. The second-order valence-electron chi connectivity index (χ2n) is 10.5. The zero-order chi connectivity index (χ0) is 30.4. The number of hydrogen-bond acceptors (Lipinski definition) is 7. The average Bonchev–Trinajstić information content (AvgIpc) is 3.60. The first-order valence-electron chi connectivity index (χ1n) is 12.8. The minimum atomic E-state index is -4.68. The molecular weight excluding hydrogens is 586 g/mol. The topological polar surface area (TPSA) is 119 Å². The molecule has 5 rings (SSSR count). The quantitative estimate of drug-likeness (QED) is 0.287. The molecule has 0 bridgehead atoms. The third-order valence-electron chi connectivity index (χ3n) is 7.46. The molecule has 0 unspecified atom stereocenters. The van der Waals surface area contributed by atoms with Gasteiger partial charge in [0.15, 0.2) is 17.1 Å². The number of alkyl halides is 8. The van der Waals surface area contributed by atoms with Crippen molar-refractivity contribution < 1.29 is 49.3 Å². The maximum atomic E-state index is 13.9. The minimum Gasteiger partial charge on any atom is -0.324 e. The van der Waals surface area contributed by atoms with E-state index < -0.39 is 91.6 Å². The van der Waals surface area contributed by atoms with E-state index >= 15 is 0 Å². The van der Waals surface area contributed by atoms with Crippen molar-refractivity contribution in [3.8, 4) is 0 Å². The third kappa shape index (κ3) is 6.61. The van der Waals surface area contributed by atoms with Gasteiger partial charge in [0.25, 0.3) is 0 Å². The zero-order valence-electron chi connectivity index (χ0n) is 21.6. The van der Waals surface area contributed by atoms with E-state index in [-0.39, 0.29) is 30.7 Å². The van der Waals surface area contributed by atoms with E-state index in [1.165, 1.54) is 23.0 Å². The van der Waals surface area contributed by atoms with Gasteiger partial charge in [-0.05, 0) is 35.5 Å². The van der Waals surface area contributed by atoms with Crippen LogP contribution in [0.3, 0.4) is 0 Å². The number of carbonyl (C=O) groups excluding carboxylic acids is 2. The third-order valence-corrected chi connectivity index (χ3v) is 7.46. The molecule has 1 saturated heterocycles. The molecular formula is C24H23F8N7O3. The van der Waals surface area contributed by atoms with Gasteiger partial charge in [-0.1, -0.05) is 5.16 Å². The summed E-state index contributed by atoms with van der Waals surface area (Å²) in [5, 5.41) is 12.6. The fourth-order valence-electron chi connectivity index (χ4n) is 5.33. The summed E-state index contributed by atoms with van der Waals surface area (Å²) in [7, 11) is 0. The van der Waals surface area contributed by atoms with Crippen LogP contribution in [-0.2, 0) is 13.0 Å². The molecule has 2 aliphatic rings. The maximum absolute atomic E-state index is 13.9. The van der Waals surface area contributed by atoms with Gasteiger partial charge in [-0.25, -0.2) is 27.7 Å². The van der Waals surface area contributed by atoms with E-state index in [9.17, 15) is 44.7 Å². The molecule has 42 heavy (non-hydrogen) atoms. The van der Waals surface area contributed by atoms with Gasteiger partial charge in [-0.3, -0.25) is 4.79 Å². The number of halogens is 8. The highest BCUT2D eigenvalue weighted by Crippen LogP contribution is 2.44. The highest BCUT2D eigenvalue weighted by Gasteiger charge is 2.47. The van der Waals surface area contributed by atoms with Gasteiger partial charge in [0.05, 0.1) is 31.1 Å². The van der Waals surface area contributed by atoms with Crippen molar-refractivity contribution in [2.75, 3.05) is 6.54 Å². The molecule has 3 aromatic heterocycles. The lowest BCUT2D eigenvalue weighted by molar-refractivity contribution is -0.149. The largest absolute Gasteiger partial charge is 0.410 e. The smallest absolute Gasteiger partial charge is 0.324 e. The van der Waals surface area contributed by atoms with Crippen LogP contribution in [0.1, 0.15) is 65.5 Å². The Kier molecular flexibility index (Phi) is 7.59. The van der Waals surface area contributed by atoms with Crippen molar-refractivity contribution in [3.63, 3.8) is 0 Å². The van der Waals surface area contributed by atoms with E-state index in [1.807, 2.05) is 5.32 Å². The van der Waals surface area contributed by atoms with E-state index in [1.54, 1.807) is 0 Å². The van der Waals surface area contributed by atoms with Crippen molar-refractivity contribution in [2.24, 2.45) is 5.92 Å². The SMILES string of the molecule is O=C(C[C@H](c1cn2ncc(CN3C[C@@H](C(F)(F)F)NC3=O)cc2n1)C1CCC(F)(F)CC1)c1nonc1CC(F)(F)F. The molecule has 2 amide bonds. The first-order valence-corrected chi connectivity index (χ1v) is 12.8.